The lowest BCUT2D eigenvalue weighted by atomic mass is 10.0. The lowest BCUT2D eigenvalue weighted by molar-refractivity contribution is -0.402. The van der Waals surface area contributed by atoms with Crippen molar-refractivity contribution >= 4 is 40.6 Å². The van der Waals surface area contributed by atoms with Gasteiger partial charge in [0, 0.05) is 11.0 Å². The van der Waals surface area contributed by atoms with Crippen LogP contribution in [0.25, 0.3) is 6.08 Å². The maximum atomic E-state index is 13.2. The van der Waals surface area contributed by atoms with Crippen molar-refractivity contribution in [2.75, 3.05) is 6.61 Å². The molecule has 4 rings (SSSR count). The number of furan rings is 1. The molecular weight excluding hydrogens is 430 g/mol. The van der Waals surface area contributed by atoms with E-state index in [0.717, 1.165) is 16.2 Å². The zero-order valence-corrected chi connectivity index (χ0v) is 17.5. The van der Waals surface area contributed by atoms with Crippen molar-refractivity contribution in [3.8, 4) is 0 Å². The minimum Gasteiger partial charge on any atom is -0.463 e. The van der Waals surface area contributed by atoms with Crippen LogP contribution in [0.3, 0.4) is 0 Å². The van der Waals surface area contributed by atoms with Gasteiger partial charge in [-0.05, 0) is 31.4 Å². The molecule has 0 spiro atoms. The number of hydrogen-bond acceptors (Lipinski definition) is 9. The van der Waals surface area contributed by atoms with E-state index >= 15 is 0 Å². The molecule has 0 radical (unpaired) electrons. The van der Waals surface area contributed by atoms with Crippen LogP contribution in [0.5, 0.6) is 0 Å². The number of carbonyl (C=O) groups is 1. The molecule has 1 aliphatic heterocycles. The number of nitrogens with zero attached hydrogens (tertiary/aromatic N) is 3. The molecule has 30 heavy (non-hydrogen) atoms. The largest absolute Gasteiger partial charge is 0.463 e. The van der Waals surface area contributed by atoms with E-state index in [1.54, 1.807) is 13.8 Å². The van der Waals surface area contributed by atoms with Crippen molar-refractivity contribution in [2.24, 2.45) is 4.99 Å². The lowest BCUT2D eigenvalue weighted by Crippen LogP contribution is -2.39. The van der Waals surface area contributed by atoms with Crippen LogP contribution in [-0.4, -0.2) is 22.1 Å². The SMILES string of the molecule is CCOC(=O)C1=C(C)N=c2s/c(=C/c3ccc([N+](=O)[O-])o3)c(=O)n2C1c1cccs1. The van der Waals surface area contributed by atoms with Gasteiger partial charge in [0.05, 0.1) is 28.5 Å². The van der Waals surface area contributed by atoms with Gasteiger partial charge in [-0.15, -0.1) is 11.3 Å². The molecule has 1 unspecified atom stereocenters. The Labute approximate surface area is 177 Å². The summed E-state index contributed by atoms with van der Waals surface area (Å²) in [6.45, 7) is 3.63. The summed E-state index contributed by atoms with van der Waals surface area (Å²) >= 11 is 2.54. The van der Waals surface area contributed by atoms with E-state index in [2.05, 4.69) is 4.99 Å². The van der Waals surface area contributed by atoms with Crippen molar-refractivity contribution in [3.63, 3.8) is 0 Å². The Morgan fingerprint density at radius 2 is 2.23 bits per heavy atom. The molecule has 4 heterocycles. The van der Waals surface area contributed by atoms with Gasteiger partial charge in [0.1, 0.15) is 16.7 Å². The van der Waals surface area contributed by atoms with Crippen molar-refractivity contribution in [1.82, 2.24) is 4.57 Å². The maximum absolute atomic E-state index is 13.2. The highest BCUT2D eigenvalue weighted by atomic mass is 32.1. The van der Waals surface area contributed by atoms with Crippen LogP contribution >= 0.6 is 22.7 Å². The summed E-state index contributed by atoms with van der Waals surface area (Å²) in [4.78, 5) is 41.8. The summed E-state index contributed by atoms with van der Waals surface area (Å²) in [7, 11) is 0. The number of nitro groups is 1. The molecule has 0 aromatic carbocycles. The molecule has 0 saturated heterocycles. The average molecular weight is 445 g/mol. The van der Waals surface area contributed by atoms with Crippen LogP contribution in [0.1, 0.15) is 30.5 Å². The lowest BCUT2D eigenvalue weighted by Gasteiger charge is -2.23. The first-order valence-corrected chi connectivity index (χ1v) is 10.6. The van der Waals surface area contributed by atoms with Crippen molar-refractivity contribution in [3.05, 3.63) is 81.4 Å². The summed E-state index contributed by atoms with van der Waals surface area (Å²) in [5.74, 6) is -0.750. The normalized spacial score (nSPS) is 16.3. The molecule has 1 atom stereocenters. The molecule has 0 bridgehead atoms. The maximum Gasteiger partial charge on any atom is 0.433 e. The highest BCUT2D eigenvalue weighted by Crippen LogP contribution is 2.33. The summed E-state index contributed by atoms with van der Waals surface area (Å²) in [5, 5.41) is 12.7. The van der Waals surface area contributed by atoms with E-state index < -0.39 is 22.8 Å². The van der Waals surface area contributed by atoms with Crippen molar-refractivity contribution < 1.29 is 18.9 Å². The number of aromatic nitrogens is 1. The van der Waals surface area contributed by atoms with Crippen LogP contribution in [0.2, 0.25) is 0 Å². The van der Waals surface area contributed by atoms with Gasteiger partial charge in [0.2, 0.25) is 0 Å². The van der Waals surface area contributed by atoms with Crippen LogP contribution in [-0.2, 0) is 9.53 Å². The van der Waals surface area contributed by atoms with Crippen LogP contribution in [0.15, 0.2) is 55.1 Å². The zero-order valence-electron chi connectivity index (χ0n) is 15.9. The van der Waals surface area contributed by atoms with Gasteiger partial charge < -0.3 is 9.15 Å². The quantitative estimate of drug-likeness (QED) is 0.338. The molecule has 0 amide bonds. The third kappa shape index (κ3) is 3.42. The van der Waals surface area contributed by atoms with E-state index in [0.29, 0.717) is 16.1 Å². The van der Waals surface area contributed by atoms with Gasteiger partial charge in [-0.3, -0.25) is 19.5 Å². The Hall–Kier alpha value is -3.31. The smallest absolute Gasteiger partial charge is 0.433 e. The highest BCUT2D eigenvalue weighted by molar-refractivity contribution is 7.10. The molecule has 0 saturated carbocycles. The number of fused-ring (bicyclic) bond motifs is 1. The molecule has 154 valence electrons. The fraction of sp³-hybridized carbons (Fsp3) is 0.211. The first-order valence-electron chi connectivity index (χ1n) is 8.88. The molecule has 11 heteroatoms. The number of esters is 1. The standard InChI is InChI=1S/C19H15N3O6S2/c1-3-27-18(24)15-10(2)20-19-21(16(15)12-5-4-8-29-12)17(23)13(30-19)9-11-6-7-14(28-11)22(25)26/h4-9,16H,3H2,1-2H3/b13-9+. The Balaban J connectivity index is 1.91. The summed E-state index contributed by atoms with van der Waals surface area (Å²) in [5.41, 5.74) is 0.422. The number of thiazole rings is 1. The molecule has 3 aromatic rings. The second kappa shape index (κ2) is 7.84. The molecule has 3 aromatic heterocycles. The summed E-state index contributed by atoms with van der Waals surface area (Å²) in [6.07, 6.45) is 1.44. The van der Waals surface area contributed by atoms with Gasteiger partial charge in [-0.25, -0.2) is 9.79 Å². The Morgan fingerprint density at radius 3 is 2.87 bits per heavy atom. The number of hydrogen-bond donors (Lipinski definition) is 0. The predicted molar refractivity (Wildman–Crippen MR) is 110 cm³/mol. The van der Waals surface area contributed by atoms with Crippen LogP contribution < -0.4 is 14.9 Å². The highest BCUT2D eigenvalue weighted by Gasteiger charge is 2.33. The predicted octanol–water partition coefficient (Wildman–Crippen LogP) is 2.36. The monoisotopic (exact) mass is 445 g/mol. The number of rotatable bonds is 5. The van der Waals surface area contributed by atoms with E-state index in [1.807, 2.05) is 17.5 Å². The van der Waals surface area contributed by atoms with E-state index in [1.165, 1.54) is 34.1 Å². The second-order valence-electron chi connectivity index (χ2n) is 6.25. The number of carbonyl (C=O) groups excluding carboxylic acids is 1. The fourth-order valence-electron chi connectivity index (χ4n) is 3.15. The first kappa shape index (κ1) is 20.0. The topological polar surface area (TPSA) is 117 Å². The van der Waals surface area contributed by atoms with Crippen molar-refractivity contribution in [2.45, 2.75) is 19.9 Å². The molecule has 0 N–H and O–H groups in total. The van der Waals surface area contributed by atoms with Gasteiger partial charge >= 0.3 is 11.9 Å². The van der Waals surface area contributed by atoms with Gasteiger partial charge in [-0.2, -0.15) is 0 Å². The Morgan fingerprint density at radius 1 is 1.43 bits per heavy atom. The number of thiophene rings is 1. The number of allylic oxidation sites excluding steroid dienone is 1. The second-order valence-corrected chi connectivity index (χ2v) is 8.24. The van der Waals surface area contributed by atoms with Gasteiger partial charge in [-0.1, -0.05) is 17.4 Å². The van der Waals surface area contributed by atoms with Crippen LogP contribution in [0.4, 0.5) is 5.88 Å². The number of ether oxygens (including phenoxy) is 1. The van der Waals surface area contributed by atoms with Gasteiger partial charge in [0.25, 0.3) is 5.56 Å². The van der Waals surface area contributed by atoms with E-state index in [4.69, 9.17) is 9.15 Å². The summed E-state index contributed by atoms with van der Waals surface area (Å²) in [6, 6.07) is 5.67. The minimum atomic E-state index is -0.659. The van der Waals surface area contributed by atoms with Crippen LogP contribution in [0, 0.1) is 10.1 Å². The Bertz CT molecular complexity index is 1340. The molecule has 1 aliphatic rings. The average Bonchev–Trinajstić information content (AvgIpc) is 3.43. The molecule has 0 fully saturated rings. The minimum absolute atomic E-state index is 0.181. The molecule has 0 aliphatic carbocycles. The van der Waals surface area contributed by atoms with E-state index in [9.17, 15) is 19.7 Å². The third-order valence-corrected chi connectivity index (χ3v) is 6.30. The first-order chi connectivity index (χ1) is 14.4. The van der Waals surface area contributed by atoms with E-state index in [-0.39, 0.29) is 22.5 Å². The molecular formula is C19H15N3O6S2. The third-order valence-electron chi connectivity index (χ3n) is 4.40. The summed E-state index contributed by atoms with van der Waals surface area (Å²) < 4.78 is 12.1. The molecule has 9 nitrogen and oxygen atoms in total. The Kier molecular flexibility index (Phi) is 5.22. The van der Waals surface area contributed by atoms with Crippen molar-refractivity contribution in [1.29, 1.82) is 0 Å². The van der Waals surface area contributed by atoms with Gasteiger partial charge in [0.15, 0.2) is 4.80 Å². The zero-order chi connectivity index (χ0) is 21.4. The fourth-order valence-corrected chi connectivity index (χ4v) is 5.00.